The molecule has 7 nitrogen and oxygen atoms in total. The van der Waals surface area contributed by atoms with Gasteiger partial charge in [-0.2, -0.15) is 0 Å². The first-order valence-electron chi connectivity index (χ1n) is 12.9. The van der Waals surface area contributed by atoms with Gasteiger partial charge in [0.15, 0.2) is 5.78 Å². The molecule has 2 aliphatic carbocycles. The monoisotopic (exact) mass is 485 g/mol. The van der Waals surface area contributed by atoms with E-state index in [1.807, 2.05) is 13.8 Å². The normalized spacial score (nSPS) is 35.8. The fraction of sp³-hybridized carbons (Fsp3) is 0.643. The van der Waals surface area contributed by atoms with Gasteiger partial charge in [0.1, 0.15) is 5.92 Å². The topological polar surface area (TPSA) is 121 Å². The predicted molar refractivity (Wildman–Crippen MR) is 132 cm³/mol. The van der Waals surface area contributed by atoms with Crippen LogP contribution in [0.1, 0.15) is 59.3 Å². The number of carboxylic acids is 1. The number of hydrogen-bond acceptors (Lipinski definition) is 5. The van der Waals surface area contributed by atoms with Crippen molar-refractivity contribution >= 4 is 23.6 Å². The number of fused-ring (bicyclic) bond motifs is 1. The van der Waals surface area contributed by atoms with Crippen LogP contribution in [-0.2, 0) is 19.2 Å². The molecule has 0 bridgehead atoms. The standard InChI is InChI=1S/C28H39NO6/c1-5-8-9-11-16(7-3)23-24(27(33)29-26(23)32)25(31)22-17(10-6-2)14-20(30)19-13-18(28(34)35)12-15(4)21(19)22/h6-7,10,14-16,18-24,30H,3,5,8-9,11-13H2,1-2,4H3,(H,34,35)(H,29,32,33). The molecule has 2 amide bonds. The highest BCUT2D eigenvalue weighted by Gasteiger charge is 2.55. The van der Waals surface area contributed by atoms with Crippen molar-refractivity contribution in [3.8, 4) is 0 Å². The molecule has 3 N–H and O–H groups in total. The van der Waals surface area contributed by atoms with Crippen LogP contribution in [0.25, 0.3) is 0 Å². The van der Waals surface area contributed by atoms with Crippen LogP contribution >= 0.6 is 0 Å². The summed E-state index contributed by atoms with van der Waals surface area (Å²) in [4.78, 5) is 51.8. The van der Waals surface area contributed by atoms with Crippen molar-refractivity contribution in [2.24, 2.45) is 47.3 Å². The van der Waals surface area contributed by atoms with Crippen molar-refractivity contribution in [1.29, 1.82) is 0 Å². The number of nitrogens with one attached hydrogen (secondary N) is 1. The van der Waals surface area contributed by atoms with Crippen molar-refractivity contribution in [3.63, 3.8) is 0 Å². The molecule has 3 aliphatic rings. The molecule has 0 spiro atoms. The lowest BCUT2D eigenvalue weighted by atomic mass is 9.56. The minimum atomic E-state index is -1.12. The summed E-state index contributed by atoms with van der Waals surface area (Å²) >= 11 is 0. The Kier molecular flexibility index (Phi) is 8.86. The third-order valence-electron chi connectivity index (χ3n) is 8.33. The maximum absolute atomic E-state index is 14.2. The highest BCUT2D eigenvalue weighted by molar-refractivity contribution is 6.16. The average molecular weight is 486 g/mol. The average Bonchev–Trinajstić information content (AvgIpc) is 3.10. The largest absolute Gasteiger partial charge is 0.481 e. The highest BCUT2D eigenvalue weighted by Crippen LogP contribution is 2.51. The van der Waals surface area contributed by atoms with Gasteiger partial charge in [0.05, 0.1) is 17.9 Å². The van der Waals surface area contributed by atoms with Gasteiger partial charge in [-0.1, -0.05) is 57.4 Å². The lowest BCUT2D eigenvalue weighted by Gasteiger charge is -2.48. The van der Waals surface area contributed by atoms with Crippen molar-refractivity contribution < 1.29 is 29.4 Å². The van der Waals surface area contributed by atoms with E-state index < -0.39 is 53.5 Å². The summed E-state index contributed by atoms with van der Waals surface area (Å²) in [6.07, 6.45) is 10.3. The fourth-order valence-corrected chi connectivity index (χ4v) is 6.72. The lowest BCUT2D eigenvalue weighted by molar-refractivity contribution is -0.147. The number of carboxylic acid groups (broad SMARTS) is 1. The zero-order chi connectivity index (χ0) is 25.9. The van der Waals surface area contributed by atoms with Crippen molar-refractivity contribution in [2.75, 3.05) is 0 Å². The van der Waals surface area contributed by atoms with Gasteiger partial charge in [-0.15, -0.1) is 6.58 Å². The number of aliphatic hydroxyl groups excluding tert-OH is 1. The molecule has 7 heteroatoms. The smallest absolute Gasteiger partial charge is 0.306 e. The van der Waals surface area contributed by atoms with Crippen molar-refractivity contribution in [2.45, 2.75) is 65.4 Å². The Morgan fingerprint density at radius 3 is 2.51 bits per heavy atom. The third kappa shape index (κ3) is 5.35. The van der Waals surface area contributed by atoms with Gasteiger partial charge in [-0.05, 0) is 55.4 Å². The van der Waals surface area contributed by atoms with E-state index in [9.17, 15) is 29.4 Å². The molecule has 0 aromatic rings. The summed E-state index contributed by atoms with van der Waals surface area (Å²) in [5, 5.41) is 22.9. The lowest BCUT2D eigenvalue weighted by Crippen LogP contribution is -2.50. The van der Waals surface area contributed by atoms with Gasteiger partial charge in [0, 0.05) is 5.92 Å². The summed E-state index contributed by atoms with van der Waals surface area (Å²) < 4.78 is 0. The molecule has 35 heavy (non-hydrogen) atoms. The minimum Gasteiger partial charge on any atom is -0.481 e. The van der Waals surface area contributed by atoms with E-state index in [4.69, 9.17) is 0 Å². The molecule has 1 aliphatic heterocycles. The molecule has 1 heterocycles. The molecule has 3 rings (SSSR count). The zero-order valence-electron chi connectivity index (χ0n) is 21.0. The Morgan fingerprint density at radius 1 is 1.20 bits per heavy atom. The van der Waals surface area contributed by atoms with Gasteiger partial charge in [0.25, 0.3) is 0 Å². The molecule has 9 atom stereocenters. The first-order valence-corrected chi connectivity index (χ1v) is 12.9. The summed E-state index contributed by atoms with van der Waals surface area (Å²) in [5.74, 6) is -6.54. The van der Waals surface area contributed by atoms with Crippen LogP contribution in [0.3, 0.4) is 0 Å². The van der Waals surface area contributed by atoms with E-state index in [0.717, 1.165) is 19.3 Å². The molecular formula is C28H39NO6. The predicted octanol–water partition coefficient (Wildman–Crippen LogP) is 3.68. The van der Waals surface area contributed by atoms with Crippen LogP contribution in [0.4, 0.5) is 0 Å². The number of aliphatic hydroxyl groups is 1. The van der Waals surface area contributed by atoms with Crippen LogP contribution in [0, 0.1) is 47.3 Å². The van der Waals surface area contributed by atoms with Gasteiger partial charge in [0.2, 0.25) is 11.8 Å². The van der Waals surface area contributed by atoms with E-state index in [1.54, 1.807) is 24.3 Å². The van der Waals surface area contributed by atoms with Crippen LogP contribution in [0.2, 0.25) is 0 Å². The van der Waals surface area contributed by atoms with Crippen LogP contribution in [0.5, 0.6) is 0 Å². The zero-order valence-corrected chi connectivity index (χ0v) is 21.0. The van der Waals surface area contributed by atoms with Crippen molar-refractivity contribution in [1.82, 2.24) is 5.32 Å². The molecule has 1 saturated carbocycles. The number of ketones is 1. The first-order chi connectivity index (χ1) is 16.7. The van der Waals surface area contributed by atoms with Crippen LogP contribution in [0.15, 0.2) is 36.5 Å². The number of carbonyl (C=O) groups excluding carboxylic acids is 3. The van der Waals surface area contributed by atoms with Gasteiger partial charge >= 0.3 is 5.97 Å². The SMILES string of the molecule is C=CC(CCCCC)C1C(=O)NC(=O)C1C(=O)C1C(C=CC)=CC(O)C2CC(C(=O)O)CC(C)C12. The first kappa shape index (κ1) is 27.1. The maximum Gasteiger partial charge on any atom is 0.306 e. The number of carbonyl (C=O) groups is 4. The molecule has 0 radical (unpaired) electrons. The Bertz CT molecular complexity index is 920. The second kappa shape index (κ2) is 11.5. The number of Topliss-reactive ketones (excluding diaryl/α,β-unsaturated/α-hetero) is 1. The molecule has 0 aromatic carbocycles. The Labute approximate surface area is 207 Å². The number of unbranched alkanes of at least 4 members (excludes halogenated alkanes) is 2. The second-order valence-corrected chi connectivity index (χ2v) is 10.5. The second-order valence-electron chi connectivity index (χ2n) is 10.5. The van der Waals surface area contributed by atoms with E-state index in [-0.39, 0.29) is 30.0 Å². The Balaban J connectivity index is 2.00. The molecular weight excluding hydrogens is 446 g/mol. The Hall–Kier alpha value is -2.54. The number of aliphatic carboxylic acids is 1. The number of rotatable bonds is 10. The molecule has 0 aromatic heterocycles. The molecule has 192 valence electrons. The minimum absolute atomic E-state index is 0.147. The Morgan fingerprint density at radius 2 is 1.91 bits per heavy atom. The number of amides is 2. The van der Waals surface area contributed by atoms with E-state index >= 15 is 0 Å². The van der Waals surface area contributed by atoms with Crippen molar-refractivity contribution in [3.05, 3.63) is 36.5 Å². The quantitative estimate of drug-likeness (QED) is 0.188. The number of imide groups is 1. The third-order valence-corrected chi connectivity index (χ3v) is 8.33. The molecule has 9 unspecified atom stereocenters. The summed E-state index contributed by atoms with van der Waals surface area (Å²) in [7, 11) is 0. The van der Waals surface area contributed by atoms with E-state index in [0.29, 0.717) is 18.4 Å². The maximum atomic E-state index is 14.2. The molecule has 2 fully saturated rings. The highest BCUT2D eigenvalue weighted by atomic mass is 16.4. The van der Waals surface area contributed by atoms with Gasteiger partial charge in [-0.3, -0.25) is 24.5 Å². The molecule has 1 saturated heterocycles. The van der Waals surface area contributed by atoms with Gasteiger partial charge < -0.3 is 10.2 Å². The summed E-state index contributed by atoms with van der Waals surface area (Å²) in [6, 6.07) is 0. The number of hydrogen-bond donors (Lipinski definition) is 3. The number of allylic oxidation sites excluding steroid dienone is 4. The summed E-state index contributed by atoms with van der Waals surface area (Å²) in [5.41, 5.74) is 0.638. The van der Waals surface area contributed by atoms with E-state index in [2.05, 4.69) is 18.8 Å². The van der Waals surface area contributed by atoms with Gasteiger partial charge in [-0.25, -0.2) is 0 Å². The summed E-state index contributed by atoms with van der Waals surface area (Å²) in [6.45, 7) is 9.73. The van der Waals surface area contributed by atoms with Crippen LogP contribution < -0.4 is 5.32 Å². The van der Waals surface area contributed by atoms with E-state index in [1.165, 1.54) is 0 Å². The van der Waals surface area contributed by atoms with Crippen LogP contribution in [-0.4, -0.2) is 39.9 Å². The fourth-order valence-electron chi connectivity index (χ4n) is 6.72.